The van der Waals surface area contributed by atoms with Gasteiger partial charge in [0.2, 0.25) is 0 Å². The van der Waals surface area contributed by atoms with E-state index in [0.717, 1.165) is 26.3 Å². The molecular weight excluding hydrogens is 196 g/mol. The molecule has 74 valence electrons. The van der Waals surface area contributed by atoms with Gasteiger partial charge < -0.3 is 27.7 Å². The van der Waals surface area contributed by atoms with Gasteiger partial charge in [-0.05, 0) is 0 Å². The molecule has 0 atom stereocenters. The molecule has 0 saturated carbocycles. The number of morpholine rings is 1. The molecule has 2 aliphatic rings. The molecule has 0 aromatic rings. The Balaban J connectivity index is 0.000000845. The second kappa shape index (κ2) is 4.45. The maximum absolute atomic E-state index is 5.35. The maximum atomic E-state index is 5.35. The van der Waals surface area contributed by atoms with Crippen LogP contribution in [0.4, 0.5) is 0 Å². The van der Waals surface area contributed by atoms with Crippen molar-refractivity contribution in [2.45, 2.75) is 0 Å². The van der Waals surface area contributed by atoms with Gasteiger partial charge in [-0.2, -0.15) is 5.01 Å². The van der Waals surface area contributed by atoms with E-state index in [1.807, 2.05) is 5.01 Å². The van der Waals surface area contributed by atoms with Crippen LogP contribution in [-0.4, -0.2) is 36.4 Å². The summed E-state index contributed by atoms with van der Waals surface area (Å²) in [6.45, 7) is 3.08. The summed E-state index contributed by atoms with van der Waals surface area (Å²) in [7, 11) is 0. The zero-order valence-electron chi connectivity index (χ0n) is 6.99. The summed E-state index contributed by atoms with van der Waals surface area (Å²) in [5, 5.41) is 3.61. The molecule has 0 bridgehead atoms. The quantitative estimate of drug-likeness (QED) is 0.422. The summed E-state index contributed by atoms with van der Waals surface area (Å²) in [5.41, 5.74) is 7.96. The third-order valence-corrected chi connectivity index (χ3v) is 1.73. The number of nitrogens with one attached hydrogen (secondary N) is 1. The van der Waals surface area contributed by atoms with Crippen molar-refractivity contribution in [3.63, 3.8) is 0 Å². The Morgan fingerprint density at radius 1 is 1.38 bits per heavy atom. The molecular formula is C6H11ClN4O2. The summed E-state index contributed by atoms with van der Waals surface area (Å²) >= 11 is 0. The van der Waals surface area contributed by atoms with Gasteiger partial charge in [-0.15, -0.1) is 0 Å². The summed E-state index contributed by atoms with van der Waals surface area (Å²) < 4.78 is 5.18. The van der Waals surface area contributed by atoms with E-state index >= 15 is 0 Å². The standard InChI is InChI=1S/C6H11N4O2.ClH/c7-6-5-10(8-12-6)9-1-3-11-4-2-9;/h8H,1-4,7H2;1H/q+1;/p-1. The third-order valence-electron chi connectivity index (χ3n) is 1.73. The van der Waals surface area contributed by atoms with E-state index < -0.39 is 0 Å². The van der Waals surface area contributed by atoms with Crippen molar-refractivity contribution < 1.29 is 22.0 Å². The number of rotatable bonds is 1. The summed E-state index contributed by atoms with van der Waals surface area (Å²) in [6.07, 6.45) is 2.79. The zero-order valence-corrected chi connectivity index (χ0v) is 7.75. The van der Waals surface area contributed by atoms with Gasteiger partial charge in [0.05, 0.1) is 13.2 Å². The molecule has 0 aliphatic carbocycles. The van der Waals surface area contributed by atoms with Gasteiger partial charge >= 0.3 is 12.1 Å². The van der Waals surface area contributed by atoms with Gasteiger partial charge in [-0.3, -0.25) is 0 Å². The van der Waals surface area contributed by atoms with Crippen LogP contribution < -0.4 is 23.7 Å². The normalized spacial score (nSPS) is 22.8. The molecule has 0 amide bonds. The zero-order chi connectivity index (χ0) is 8.39. The van der Waals surface area contributed by atoms with E-state index in [0.29, 0.717) is 0 Å². The Kier molecular flexibility index (Phi) is 3.53. The van der Waals surface area contributed by atoms with E-state index in [1.54, 1.807) is 5.12 Å². The largest absolute Gasteiger partial charge is 1.00 e. The lowest BCUT2D eigenvalue weighted by atomic mass is 10.5. The monoisotopic (exact) mass is 206 g/mol. The summed E-state index contributed by atoms with van der Waals surface area (Å²) in [4.78, 5) is 4.80. The van der Waals surface area contributed by atoms with Crippen molar-refractivity contribution in [3.8, 4) is 0 Å². The van der Waals surface area contributed by atoms with Crippen LogP contribution in [0.1, 0.15) is 0 Å². The van der Waals surface area contributed by atoms with Crippen LogP contribution in [0, 0.1) is 6.20 Å². The lowest BCUT2D eigenvalue weighted by Crippen LogP contribution is -3.00. The molecule has 0 aromatic heterocycles. The van der Waals surface area contributed by atoms with Crippen LogP contribution in [0.25, 0.3) is 0 Å². The Morgan fingerprint density at radius 2 is 2.08 bits per heavy atom. The number of halogens is 1. The summed E-state index contributed by atoms with van der Waals surface area (Å²) in [6, 6.07) is 0. The number of hydrogen-bond acceptors (Lipinski definition) is 6. The lowest BCUT2D eigenvalue weighted by Gasteiger charge is -2.25. The van der Waals surface area contributed by atoms with E-state index in [9.17, 15) is 0 Å². The predicted molar refractivity (Wildman–Crippen MR) is 39.4 cm³/mol. The first-order chi connectivity index (χ1) is 5.86. The van der Waals surface area contributed by atoms with Crippen molar-refractivity contribution in [3.05, 3.63) is 12.1 Å². The minimum Gasteiger partial charge on any atom is -1.00 e. The highest BCUT2D eigenvalue weighted by atomic mass is 35.5. The molecule has 0 radical (unpaired) electrons. The fourth-order valence-corrected chi connectivity index (χ4v) is 1.12. The van der Waals surface area contributed by atoms with Gasteiger partial charge in [0.15, 0.2) is 0 Å². The molecule has 0 aromatic carbocycles. The van der Waals surface area contributed by atoms with Gasteiger partial charge in [0.1, 0.15) is 0 Å². The smallest absolute Gasteiger partial charge is 0.496 e. The first-order valence-corrected chi connectivity index (χ1v) is 3.80. The molecule has 3 N–H and O–H groups in total. The Hall–Kier alpha value is -0.780. The van der Waals surface area contributed by atoms with E-state index in [2.05, 4.69) is 11.8 Å². The van der Waals surface area contributed by atoms with Gasteiger partial charge in [0.25, 0.3) is 0 Å². The first-order valence-electron chi connectivity index (χ1n) is 3.80. The minimum absolute atomic E-state index is 0. The molecule has 0 unspecified atom stereocenters. The van der Waals surface area contributed by atoms with Gasteiger partial charge in [0, 0.05) is 23.8 Å². The Morgan fingerprint density at radius 3 is 2.62 bits per heavy atom. The molecule has 2 rings (SSSR count). The lowest BCUT2D eigenvalue weighted by molar-refractivity contribution is -0.144. The first kappa shape index (κ1) is 10.3. The van der Waals surface area contributed by atoms with Crippen LogP contribution in [0.3, 0.4) is 0 Å². The predicted octanol–water partition coefficient (Wildman–Crippen LogP) is -4.45. The van der Waals surface area contributed by atoms with Crippen LogP contribution in [0.15, 0.2) is 5.88 Å². The van der Waals surface area contributed by atoms with Crippen LogP contribution >= 0.6 is 0 Å². The topological polar surface area (TPSA) is 63.0 Å². The number of nitrogens with zero attached hydrogens (tertiary/aromatic N) is 2. The van der Waals surface area contributed by atoms with Crippen molar-refractivity contribution in [1.82, 2.24) is 15.7 Å². The average Bonchev–Trinajstić information content (AvgIpc) is 2.54. The number of ether oxygens (including phenoxy) is 1. The van der Waals surface area contributed by atoms with E-state index in [-0.39, 0.29) is 18.3 Å². The van der Waals surface area contributed by atoms with Gasteiger partial charge in [-0.1, -0.05) is 0 Å². The molecule has 1 saturated heterocycles. The van der Waals surface area contributed by atoms with E-state index in [1.165, 1.54) is 0 Å². The number of hydrogen-bond donors (Lipinski definition) is 2. The molecule has 13 heavy (non-hydrogen) atoms. The molecule has 1 fully saturated rings. The molecule has 2 aliphatic heterocycles. The van der Waals surface area contributed by atoms with Crippen LogP contribution in [0.2, 0.25) is 0 Å². The van der Waals surface area contributed by atoms with Crippen LogP contribution in [0.5, 0.6) is 0 Å². The fraction of sp³-hybridized carbons (Fsp3) is 0.667. The van der Waals surface area contributed by atoms with Crippen molar-refractivity contribution >= 4 is 0 Å². The second-order valence-electron chi connectivity index (χ2n) is 2.55. The highest BCUT2D eigenvalue weighted by molar-refractivity contribution is 4.80. The SMILES string of the molecule is NC1=[C+]N(N2CCOCC2)NO1.[Cl-]. The third kappa shape index (κ3) is 2.33. The molecule has 6 nitrogen and oxygen atoms in total. The van der Waals surface area contributed by atoms with Crippen molar-refractivity contribution in [1.29, 1.82) is 0 Å². The van der Waals surface area contributed by atoms with E-state index in [4.69, 9.17) is 15.3 Å². The Labute approximate surface area is 82.5 Å². The fourth-order valence-electron chi connectivity index (χ4n) is 1.12. The second-order valence-corrected chi connectivity index (χ2v) is 2.55. The highest BCUT2D eigenvalue weighted by Gasteiger charge is 2.33. The highest BCUT2D eigenvalue weighted by Crippen LogP contribution is 2.05. The molecule has 0 spiro atoms. The average molecular weight is 207 g/mol. The van der Waals surface area contributed by atoms with Crippen LogP contribution in [-0.2, 0) is 9.57 Å². The molecule has 2 heterocycles. The van der Waals surface area contributed by atoms with Crippen molar-refractivity contribution in [2.75, 3.05) is 26.3 Å². The molecule has 7 heteroatoms. The maximum Gasteiger partial charge on any atom is 0.496 e. The Bertz CT molecular complexity index is 195. The number of hydrazine groups is 2. The van der Waals surface area contributed by atoms with Gasteiger partial charge in [-0.25, -0.2) is 0 Å². The summed E-state index contributed by atoms with van der Waals surface area (Å²) in [5.74, 6) is 0.251. The van der Waals surface area contributed by atoms with Crippen molar-refractivity contribution in [2.24, 2.45) is 5.73 Å². The number of nitrogens with two attached hydrogens (primary N) is 1. The minimum atomic E-state index is 0.